The highest BCUT2D eigenvalue weighted by molar-refractivity contribution is 7.80. The first-order chi connectivity index (χ1) is 14.5. The highest BCUT2D eigenvalue weighted by Gasteiger charge is 2.34. The molecular weight excluding hydrogens is 402 g/mol. The van der Waals surface area contributed by atoms with E-state index in [1.54, 1.807) is 44.6 Å². The first kappa shape index (κ1) is 20.2. The summed E-state index contributed by atoms with van der Waals surface area (Å²) in [5.41, 5.74) is 2.43. The SMILES string of the molecule is COc1cc2ncnc(C(S)CCCN3C(=O)c4ccccc4C3=O)c2cc1OC. The molecule has 1 aliphatic rings. The largest absolute Gasteiger partial charge is 0.493 e. The van der Waals surface area contributed by atoms with E-state index in [4.69, 9.17) is 22.1 Å². The smallest absolute Gasteiger partial charge is 0.261 e. The second-order valence-electron chi connectivity index (χ2n) is 6.95. The number of imide groups is 1. The molecule has 30 heavy (non-hydrogen) atoms. The number of carbonyl (C=O) groups excluding carboxylic acids is 2. The summed E-state index contributed by atoms with van der Waals surface area (Å²) in [6.07, 6.45) is 2.74. The number of ether oxygens (including phenoxy) is 2. The van der Waals surface area contributed by atoms with Gasteiger partial charge in [0.2, 0.25) is 0 Å². The minimum atomic E-state index is -0.240. The fourth-order valence-electron chi connectivity index (χ4n) is 3.69. The van der Waals surface area contributed by atoms with E-state index in [9.17, 15) is 9.59 Å². The highest BCUT2D eigenvalue weighted by Crippen LogP contribution is 2.36. The molecule has 154 valence electrons. The molecule has 0 spiro atoms. The van der Waals surface area contributed by atoms with Crippen molar-refractivity contribution in [1.82, 2.24) is 14.9 Å². The van der Waals surface area contributed by atoms with Crippen LogP contribution in [0.2, 0.25) is 0 Å². The maximum Gasteiger partial charge on any atom is 0.261 e. The number of aromatic nitrogens is 2. The van der Waals surface area contributed by atoms with Gasteiger partial charge in [-0.2, -0.15) is 12.6 Å². The van der Waals surface area contributed by atoms with Gasteiger partial charge in [0.25, 0.3) is 11.8 Å². The Balaban J connectivity index is 1.49. The van der Waals surface area contributed by atoms with Crippen LogP contribution < -0.4 is 9.47 Å². The van der Waals surface area contributed by atoms with Crippen LogP contribution in [0.25, 0.3) is 10.9 Å². The minimum absolute atomic E-state index is 0.191. The number of benzene rings is 2. The summed E-state index contributed by atoms with van der Waals surface area (Å²) in [4.78, 5) is 35.0. The molecule has 0 radical (unpaired) electrons. The zero-order chi connectivity index (χ0) is 21.3. The summed E-state index contributed by atoms with van der Waals surface area (Å²) < 4.78 is 10.7. The number of nitrogens with zero attached hydrogens (tertiary/aromatic N) is 3. The van der Waals surface area contributed by atoms with E-state index in [-0.39, 0.29) is 17.1 Å². The summed E-state index contributed by atoms with van der Waals surface area (Å²) in [7, 11) is 3.15. The van der Waals surface area contributed by atoms with Crippen LogP contribution in [0.1, 0.15) is 44.5 Å². The third-order valence-corrected chi connectivity index (χ3v) is 5.73. The zero-order valence-corrected chi connectivity index (χ0v) is 17.6. The summed E-state index contributed by atoms with van der Waals surface area (Å²) in [6, 6.07) is 10.5. The van der Waals surface area contributed by atoms with Crippen LogP contribution >= 0.6 is 12.6 Å². The van der Waals surface area contributed by atoms with Crippen molar-refractivity contribution in [3.63, 3.8) is 0 Å². The van der Waals surface area contributed by atoms with Crippen LogP contribution in [-0.2, 0) is 0 Å². The first-order valence-corrected chi connectivity index (χ1v) is 10.1. The molecule has 7 nitrogen and oxygen atoms in total. The number of thiol groups is 1. The minimum Gasteiger partial charge on any atom is -0.493 e. The second kappa shape index (κ2) is 8.31. The summed E-state index contributed by atoms with van der Waals surface area (Å²) in [5, 5.41) is 0.639. The Morgan fingerprint density at radius 2 is 1.63 bits per heavy atom. The maximum absolute atomic E-state index is 12.5. The van der Waals surface area contributed by atoms with Gasteiger partial charge in [-0.05, 0) is 31.0 Å². The molecule has 1 atom stereocenters. The van der Waals surface area contributed by atoms with E-state index >= 15 is 0 Å². The van der Waals surface area contributed by atoms with Gasteiger partial charge in [0.15, 0.2) is 11.5 Å². The van der Waals surface area contributed by atoms with Gasteiger partial charge in [0.1, 0.15) is 6.33 Å². The fraction of sp³-hybridized carbons (Fsp3) is 0.273. The Bertz CT molecular complexity index is 1100. The van der Waals surface area contributed by atoms with Gasteiger partial charge in [-0.3, -0.25) is 14.5 Å². The number of hydrogen-bond donors (Lipinski definition) is 1. The molecule has 0 saturated carbocycles. The van der Waals surface area contributed by atoms with Gasteiger partial charge in [0.05, 0.1) is 36.6 Å². The number of carbonyl (C=O) groups is 2. The maximum atomic E-state index is 12.5. The van der Waals surface area contributed by atoms with Crippen molar-refractivity contribution in [1.29, 1.82) is 0 Å². The van der Waals surface area contributed by atoms with Crippen molar-refractivity contribution in [2.45, 2.75) is 18.1 Å². The molecule has 1 unspecified atom stereocenters. The van der Waals surface area contributed by atoms with Crippen molar-refractivity contribution >= 4 is 35.3 Å². The van der Waals surface area contributed by atoms with Crippen molar-refractivity contribution in [2.24, 2.45) is 0 Å². The Hall–Kier alpha value is -3.13. The van der Waals surface area contributed by atoms with E-state index in [0.717, 1.165) is 16.6 Å². The van der Waals surface area contributed by atoms with Crippen LogP contribution in [0.3, 0.4) is 0 Å². The zero-order valence-electron chi connectivity index (χ0n) is 16.7. The predicted molar refractivity (Wildman–Crippen MR) is 115 cm³/mol. The average molecular weight is 423 g/mol. The molecule has 2 aromatic carbocycles. The van der Waals surface area contributed by atoms with Gasteiger partial charge < -0.3 is 9.47 Å². The summed E-state index contributed by atoms with van der Waals surface area (Å²) in [5.74, 6) is 0.704. The third kappa shape index (κ3) is 3.47. The average Bonchev–Trinajstić information content (AvgIpc) is 3.02. The van der Waals surface area contributed by atoms with Crippen molar-refractivity contribution in [3.8, 4) is 11.5 Å². The Labute approximate surface area is 179 Å². The lowest BCUT2D eigenvalue weighted by Gasteiger charge is -2.17. The summed E-state index contributed by atoms with van der Waals surface area (Å²) in [6.45, 7) is 0.337. The molecule has 1 aliphatic heterocycles. The first-order valence-electron chi connectivity index (χ1n) is 9.55. The molecular formula is C22H21N3O4S. The van der Waals surface area contributed by atoms with Gasteiger partial charge in [-0.15, -0.1) is 0 Å². The molecule has 0 saturated heterocycles. The number of fused-ring (bicyclic) bond motifs is 2. The molecule has 0 bridgehead atoms. The number of hydrogen-bond acceptors (Lipinski definition) is 7. The predicted octanol–water partition coefficient (Wildman–Crippen LogP) is 3.69. The van der Waals surface area contributed by atoms with Crippen molar-refractivity contribution in [3.05, 3.63) is 59.5 Å². The molecule has 4 rings (SSSR count). The second-order valence-corrected chi connectivity index (χ2v) is 7.57. The fourth-order valence-corrected chi connectivity index (χ4v) is 4.08. The molecule has 2 amide bonds. The lowest BCUT2D eigenvalue weighted by molar-refractivity contribution is 0.0651. The van der Waals surface area contributed by atoms with Crippen LogP contribution in [0.4, 0.5) is 0 Å². The van der Waals surface area contributed by atoms with E-state index in [1.807, 2.05) is 6.07 Å². The Morgan fingerprint density at radius 3 is 2.27 bits per heavy atom. The van der Waals surface area contributed by atoms with E-state index in [1.165, 1.54) is 11.2 Å². The molecule has 1 aromatic heterocycles. The molecule has 8 heteroatoms. The van der Waals surface area contributed by atoms with Gasteiger partial charge in [0, 0.05) is 23.2 Å². The van der Waals surface area contributed by atoms with E-state index < -0.39 is 0 Å². The summed E-state index contributed by atoms with van der Waals surface area (Å²) >= 11 is 4.73. The Morgan fingerprint density at radius 1 is 1.00 bits per heavy atom. The molecule has 0 fully saturated rings. The normalized spacial score (nSPS) is 14.2. The lowest BCUT2D eigenvalue weighted by Crippen LogP contribution is -2.30. The van der Waals surface area contributed by atoms with Crippen LogP contribution in [0.15, 0.2) is 42.7 Å². The molecule has 2 heterocycles. The van der Waals surface area contributed by atoms with Crippen molar-refractivity contribution in [2.75, 3.05) is 20.8 Å². The third-order valence-electron chi connectivity index (χ3n) is 5.22. The standard InChI is InChI=1S/C22H21N3O4S/c1-28-17-10-15-16(11-18(17)29-2)23-12-24-20(15)19(30)8-5-9-25-21(26)13-6-3-4-7-14(13)22(25)27/h3-4,6-7,10-12,19,30H,5,8-9H2,1-2H3. The molecule has 3 aromatic rings. The monoisotopic (exact) mass is 423 g/mol. The van der Waals surface area contributed by atoms with Crippen molar-refractivity contribution < 1.29 is 19.1 Å². The number of methoxy groups -OCH3 is 2. The van der Waals surface area contributed by atoms with Crippen LogP contribution in [-0.4, -0.2) is 47.4 Å². The van der Waals surface area contributed by atoms with E-state index in [0.29, 0.717) is 42.0 Å². The quantitative estimate of drug-likeness (QED) is 0.461. The number of amides is 2. The van der Waals surface area contributed by atoms with Crippen LogP contribution in [0, 0.1) is 0 Å². The topological polar surface area (TPSA) is 81.6 Å². The van der Waals surface area contributed by atoms with Gasteiger partial charge in [-0.25, -0.2) is 9.97 Å². The molecule has 0 aliphatic carbocycles. The number of rotatable bonds is 7. The van der Waals surface area contributed by atoms with Crippen LogP contribution in [0.5, 0.6) is 11.5 Å². The van der Waals surface area contributed by atoms with Gasteiger partial charge >= 0.3 is 0 Å². The van der Waals surface area contributed by atoms with Gasteiger partial charge in [-0.1, -0.05) is 12.1 Å². The van der Waals surface area contributed by atoms with E-state index in [2.05, 4.69) is 9.97 Å². The highest BCUT2D eigenvalue weighted by atomic mass is 32.1. The molecule has 0 N–H and O–H groups in total. The lowest BCUT2D eigenvalue weighted by atomic mass is 10.1. The Kier molecular flexibility index (Phi) is 5.59.